The Morgan fingerprint density at radius 2 is 1.59 bits per heavy atom. The molecule has 0 saturated heterocycles. The van der Waals surface area contributed by atoms with Crippen molar-refractivity contribution >= 4 is 21.0 Å². The second kappa shape index (κ2) is 4.93. The maximum atomic E-state index is 12.1. The molecule has 0 atom stereocenters. The summed E-state index contributed by atoms with van der Waals surface area (Å²) in [5.41, 5.74) is -0.782. The number of nitrogens with one attached hydrogen (secondary N) is 2. The van der Waals surface area contributed by atoms with Crippen LogP contribution in [0.4, 0.5) is 0 Å². The van der Waals surface area contributed by atoms with Gasteiger partial charge in [0.1, 0.15) is 4.90 Å². The molecule has 0 amide bonds. The van der Waals surface area contributed by atoms with Crippen molar-refractivity contribution in [3.05, 3.63) is 63.3 Å². The molecule has 3 rings (SSSR count). The van der Waals surface area contributed by atoms with E-state index in [2.05, 4.69) is 9.97 Å². The lowest BCUT2D eigenvalue weighted by molar-refractivity contribution is 0.483. The molecule has 0 aliphatic carbocycles. The Morgan fingerprint density at radius 1 is 0.909 bits per heavy atom. The van der Waals surface area contributed by atoms with E-state index >= 15 is 0 Å². The zero-order valence-electron chi connectivity index (χ0n) is 11.0. The first-order valence-electron chi connectivity index (χ1n) is 6.20. The molecule has 3 aromatic rings. The lowest BCUT2D eigenvalue weighted by Crippen LogP contribution is -2.23. The van der Waals surface area contributed by atoms with Crippen molar-refractivity contribution in [2.75, 3.05) is 0 Å². The van der Waals surface area contributed by atoms with Gasteiger partial charge in [0.25, 0.3) is 15.7 Å². The van der Waals surface area contributed by atoms with Crippen LogP contribution in [0.15, 0.2) is 56.9 Å². The first kappa shape index (κ1) is 14.2. The Morgan fingerprint density at radius 3 is 2.23 bits per heavy atom. The van der Waals surface area contributed by atoms with E-state index in [1.165, 1.54) is 6.07 Å². The van der Waals surface area contributed by atoms with Gasteiger partial charge in [-0.15, -0.1) is 0 Å². The van der Waals surface area contributed by atoms with Crippen molar-refractivity contribution in [3.8, 4) is 11.1 Å². The molecule has 0 unspecified atom stereocenters. The predicted octanol–water partition coefficient (Wildman–Crippen LogP) is 1.13. The van der Waals surface area contributed by atoms with Crippen molar-refractivity contribution in [3.63, 3.8) is 0 Å². The highest BCUT2D eigenvalue weighted by Crippen LogP contribution is 2.31. The lowest BCUT2D eigenvalue weighted by atomic mass is 10.0. The molecule has 0 radical (unpaired) electrons. The summed E-state index contributed by atoms with van der Waals surface area (Å²) in [4.78, 5) is 27.6. The van der Waals surface area contributed by atoms with Crippen LogP contribution in [0, 0.1) is 0 Å². The number of benzene rings is 2. The van der Waals surface area contributed by atoms with Gasteiger partial charge in [-0.2, -0.15) is 8.42 Å². The fraction of sp³-hybridized carbons (Fsp3) is 0. The van der Waals surface area contributed by atoms with E-state index < -0.39 is 26.3 Å². The third kappa shape index (κ3) is 2.34. The normalized spacial score (nSPS) is 11.7. The van der Waals surface area contributed by atoms with Gasteiger partial charge in [0, 0.05) is 5.56 Å². The van der Waals surface area contributed by atoms with Crippen LogP contribution in [-0.2, 0) is 10.1 Å². The first-order valence-corrected chi connectivity index (χ1v) is 7.64. The molecule has 0 aliphatic heterocycles. The first-order chi connectivity index (χ1) is 10.4. The van der Waals surface area contributed by atoms with Crippen LogP contribution in [0.1, 0.15) is 0 Å². The second-order valence-electron chi connectivity index (χ2n) is 4.61. The highest BCUT2D eigenvalue weighted by Gasteiger charge is 2.21. The van der Waals surface area contributed by atoms with Crippen LogP contribution in [-0.4, -0.2) is 22.9 Å². The summed E-state index contributed by atoms with van der Waals surface area (Å²) in [6.45, 7) is 0. The molecular formula is C14H10N2O5S. The Kier molecular flexibility index (Phi) is 3.19. The Bertz CT molecular complexity index is 1080. The van der Waals surface area contributed by atoms with Gasteiger partial charge in [-0.05, 0) is 17.7 Å². The number of hydrogen-bond acceptors (Lipinski definition) is 4. The van der Waals surface area contributed by atoms with E-state index in [-0.39, 0.29) is 16.5 Å². The SMILES string of the molecule is O=c1[nH]c(=O)c2c(-c3ccccc3)c(S(=O)(=O)O)ccc2[nH]1. The monoisotopic (exact) mass is 318 g/mol. The summed E-state index contributed by atoms with van der Waals surface area (Å²) in [6, 6.07) is 10.7. The average molecular weight is 318 g/mol. The van der Waals surface area contributed by atoms with E-state index in [4.69, 9.17) is 0 Å². The Labute approximate surface area is 124 Å². The maximum Gasteiger partial charge on any atom is 0.326 e. The van der Waals surface area contributed by atoms with Crippen molar-refractivity contribution in [2.45, 2.75) is 4.90 Å². The topological polar surface area (TPSA) is 120 Å². The van der Waals surface area contributed by atoms with Crippen molar-refractivity contribution in [1.29, 1.82) is 0 Å². The smallest absolute Gasteiger partial charge is 0.307 e. The predicted molar refractivity (Wildman–Crippen MR) is 80.4 cm³/mol. The minimum atomic E-state index is -4.54. The fourth-order valence-electron chi connectivity index (χ4n) is 2.35. The van der Waals surface area contributed by atoms with Gasteiger partial charge < -0.3 is 4.98 Å². The van der Waals surface area contributed by atoms with Crippen molar-refractivity contribution < 1.29 is 13.0 Å². The maximum absolute atomic E-state index is 12.1. The van der Waals surface area contributed by atoms with Crippen molar-refractivity contribution in [1.82, 2.24) is 9.97 Å². The number of H-pyrrole nitrogens is 2. The van der Waals surface area contributed by atoms with Crippen LogP contribution in [0.5, 0.6) is 0 Å². The third-order valence-corrected chi connectivity index (χ3v) is 4.11. The summed E-state index contributed by atoms with van der Waals surface area (Å²) in [6.07, 6.45) is 0. The van der Waals surface area contributed by atoms with Gasteiger partial charge in [-0.1, -0.05) is 30.3 Å². The summed E-state index contributed by atoms with van der Waals surface area (Å²) < 4.78 is 32.7. The quantitative estimate of drug-likeness (QED) is 0.612. The van der Waals surface area contributed by atoms with Gasteiger partial charge in [0.2, 0.25) is 0 Å². The van der Waals surface area contributed by atoms with Gasteiger partial charge >= 0.3 is 5.69 Å². The largest absolute Gasteiger partial charge is 0.326 e. The molecule has 7 nitrogen and oxygen atoms in total. The van der Waals surface area contributed by atoms with E-state index in [0.717, 1.165) is 6.07 Å². The van der Waals surface area contributed by atoms with E-state index in [1.54, 1.807) is 30.3 Å². The lowest BCUT2D eigenvalue weighted by Gasteiger charge is -2.10. The van der Waals surface area contributed by atoms with Gasteiger partial charge in [0.05, 0.1) is 10.9 Å². The highest BCUT2D eigenvalue weighted by molar-refractivity contribution is 7.86. The summed E-state index contributed by atoms with van der Waals surface area (Å²) in [5.74, 6) is 0. The molecule has 8 heteroatoms. The molecule has 0 saturated carbocycles. The van der Waals surface area contributed by atoms with Crippen molar-refractivity contribution in [2.24, 2.45) is 0 Å². The molecule has 1 heterocycles. The molecule has 112 valence electrons. The van der Waals surface area contributed by atoms with Gasteiger partial charge in [0.15, 0.2) is 0 Å². The Hall–Kier alpha value is -2.71. The Balaban J connectivity index is 2.60. The molecule has 0 fully saturated rings. The van der Waals surface area contributed by atoms with Crippen LogP contribution < -0.4 is 11.2 Å². The van der Waals surface area contributed by atoms with Gasteiger partial charge in [-0.25, -0.2) is 4.79 Å². The van der Waals surface area contributed by atoms with E-state index in [9.17, 15) is 22.6 Å². The van der Waals surface area contributed by atoms with Crippen LogP contribution in [0.25, 0.3) is 22.0 Å². The fourth-order valence-corrected chi connectivity index (χ4v) is 3.07. The van der Waals surface area contributed by atoms with E-state index in [0.29, 0.717) is 5.56 Å². The minimum absolute atomic E-state index is 0.0130. The highest BCUT2D eigenvalue weighted by atomic mass is 32.2. The molecular weight excluding hydrogens is 308 g/mol. The average Bonchev–Trinajstić information content (AvgIpc) is 2.45. The summed E-state index contributed by atoms with van der Waals surface area (Å²) >= 11 is 0. The number of rotatable bonds is 2. The molecule has 0 aliphatic rings. The van der Waals surface area contributed by atoms with Crippen LogP contribution in [0.3, 0.4) is 0 Å². The van der Waals surface area contributed by atoms with Gasteiger partial charge in [-0.3, -0.25) is 14.3 Å². The van der Waals surface area contributed by atoms with Crippen LogP contribution >= 0.6 is 0 Å². The number of aromatic amines is 2. The second-order valence-corrected chi connectivity index (χ2v) is 6.00. The molecule has 2 aromatic carbocycles. The summed E-state index contributed by atoms with van der Waals surface area (Å²) in [7, 11) is -4.54. The molecule has 0 bridgehead atoms. The molecule has 22 heavy (non-hydrogen) atoms. The number of hydrogen-bond donors (Lipinski definition) is 3. The minimum Gasteiger partial charge on any atom is -0.307 e. The zero-order chi connectivity index (χ0) is 15.9. The van der Waals surface area contributed by atoms with E-state index in [1.807, 2.05) is 0 Å². The third-order valence-electron chi connectivity index (χ3n) is 3.21. The standard InChI is InChI=1S/C14H10N2O5S/c17-13-12-9(15-14(18)16-13)6-7-10(22(19,20)21)11(12)8-4-2-1-3-5-8/h1-7H,(H,19,20,21)(H2,15,16,17,18). The number of fused-ring (bicyclic) bond motifs is 1. The summed E-state index contributed by atoms with van der Waals surface area (Å²) in [5, 5.41) is -0.0130. The molecule has 1 aromatic heterocycles. The number of aromatic nitrogens is 2. The molecule has 0 spiro atoms. The molecule has 3 N–H and O–H groups in total. The van der Waals surface area contributed by atoms with Crippen LogP contribution in [0.2, 0.25) is 0 Å². The zero-order valence-corrected chi connectivity index (χ0v) is 11.8.